The van der Waals surface area contributed by atoms with Crippen LogP contribution in [-0.2, 0) is 10.8 Å². The molecular formula is C24H26O2S. The van der Waals surface area contributed by atoms with Gasteiger partial charge in [0.25, 0.3) is 0 Å². The lowest BCUT2D eigenvalue weighted by Gasteiger charge is -2.42. The summed E-state index contributed by atoms with van der Waals surface area (Å²) in [6.45, 7) is 11.5. The second-order valence-electron chi connectivity index (χ2n) is 9.10. The Morgan fingerprint density at radius 2 is 1.63 bits per heavy atom. The highest BCUT2D eigenvalue weighted by Crippen LogP contribution is 2.48. The van der Waals surface area contributed by atoms with Crippen LogP contribution in [0.3, 0.4) is 0 Å². The summed E-state index contributed by atoms with van der Waals surface area (Å²) in [7, 11) is 0. The van der Waals surface area contributed by atoms with Crippen molar-refractivity contribution in [1.29, 1.82) is 0 Å². The lowest BCUT2D eigenvalue weighted by atomic mass is 9.63. The zero-order chi connectivity index (χ0) is 19.6. The van der Waals surface area contributed by atoms with Crippen molar-refractivity contribution < 1.29 is 9.90 Å². The summed E-state index contributed by atoms with van der Waals surface area (Å²) >= 11 is 1.70. The van der Waals surface area contributed by atoms with E-state index in [2.05, 4.69) is 52.8 Å². The highest BCUT2D eigenvalue weighted by Gasteiger charge is 2.37. The number of thiophene rings is 1. The Hall–Kier alpha value is -2.13. The molecule has 27 heavy (non-hydrogen) atoms. The maximum absolute atomic E-state index is 11.3. The standard InChI is InChI=1S/C24H26O2S/c1-14-17-8-6-16(22(25)26)13-20(17)27-21(14)15-7-9-18-19(12-15)24(4,5)11-10-23(18,2)3/h6-9,12-13H,10-11H2,1-5H3,(H,25,26). The maximum atomic E-state index is 11.3. The van der Waals surface area contributed by atoms with Crippen LogP contribution in [0.4, 0.5) is 0 Å². The molecule has 0 spiro atoms. The normalized spacial score (nSPS) is 17.7. The summed E-state index contributed by atoms with van der Waals surface area (Å²) in [6, 6.07) is 12.4. The van der Waals surface area contributed by atoms with Crippen molar-refractivity contribution in [1.82, 2.24) is 0 Å². The zero-order valence-corrected chi connectivity index (χ0v) is 17.5. The predicted octanol–water partition coefficient (Wildman–Crippen LogP) is 6.92. The molecule has 1 aliphatic carbocycles. The molecule has 1 aromatic heterocycles. The van der Waals surface area contributed by atoms with Crippen LogP contribution in [0.25, 0.3) is 20.5 Å². The van der Waals surface area contributed by atoms with Gasteiger partial charge >= 0.3 is 5.97 Å². The molecule has 0 atom stereocenters. The summed E-state index contributed by atoms with van der Waals surface area (Å²) in [5.41, 5.74) is 6.16. The Morgan fingerprint density at radius 3 is 2.30 bits per heavy atom. The first-order chi connectivity index (χ1) is 12.6. The fraction of sp³-hybridized carbons (Fsp3) is 0.375. The van der Waals surface area contributed by atoms with Gasteiger partial charge in [-0.15, -0.1) is 11.3 Å². The van der Waals surface area contributed by atoms with E-state index >= 15 is 0 Å². The van der Waals surface area contributed by atoms with E-state index in [0.29, 0.717) is 5.56 Å². The van der Waals surface area contributed by atoms with Gasteiger partial charge in [-0.1, -0.05) is 45.9 Å². The van der Waals surface area contributed by atoms with E-state index in [9.17, 15) is 9.90 Å². The minimum Gasteiger partial charge on any atom is -0.478 e. The number of aromatic carboxylic acids is 1. The number of rotatable bonds is 2. The van der Waals surface area contributed by atoms with Crippen molar-refractivity contribution >= 4 is 27.4 Å². The molecule has 3 heteroatoms. The molecule has 1 N–H and O–H groups in total. The van der Waals surface area contributed by atoms with E-state index in [1.807, 2.05) is 6.07 Å². The molecule has 0 fully saturated rings. The SMILES string of the molecule is Cc1c(-c2ccc3c(c2)C(C)(C)CCC3(C)C)sc2cc(C(=O)O)ccc12. The third-order valence-corrected chi connectivity index (χ3v) is 7.60. The molecule has 4 rings (SSSR count). The summed E-state index contributed by atoms with van der Waals surface area (Å²) in [6.07, 6.45) is 2.41. The van der Waals surface area contributed by atoms with Crippen LogP contribution < -0.4 is 0 Å². The average Bonchev–Trinajstić information content (AvgIpc) is 2.95. The Bertz CT molecular complexity index is 1070. The van der Waals surface area contributed by atoms with Gasteiger partial charge in [-0.05, 0) is 76.4 Å². The third-order valence-electron chi connectivity index (χ3n) is 6.30. The van der Waals surface area contributed by atoms with E-state index in [1.165, 1.54) is 40.0 Å². The smallest absolute Gasteiger partial charge is 0.335 e. The van der Waals surface area contributed by atoms with Crippen molar-refractivity contribution in [3.05, 3.63) is 58.7 Å². The molecule has 3 aromatic rings. The minimum absolute atomic E-state index is 0.182. The lowest BCUT2D eigenvalue weighted by Crippen LogP contribution is -2.33. The minimum atomic E-state index is -0.873. The quantitative estimate of drug-likeness (QED) is 0.525. The Kier molecular flexibility index (Phi) is 4.01. The van der Waals surface area contributed by atoms with Crippen molar-refractivity contribution in [3.63, 3.8) is 0 Å². The van der Waals surface area contributed by atoms with Crippen LogP contribution in [0.1, 0.15) is 67.6 Å². The first-order valence-corrected chi connectivity index (χ1v) is 10.3. The highest BCUT2D eigenvalue weighted by atomic mass is 32.1. The largest absolute Gasteiger partial charge is 0.478 e. The van der Waals surface area contributed by atoms with Gasteiger partial charge in [-0.2, -0.15) is 0 Å². The molecule has 0 unspecified atom stereocenters. The number of carboxylic acid groups (broad SMARTS) is 1. The number of benzene rings is 2. The van der Waals surface area contributed by atoms with Crippen LogP contribution in [-0.4, -0.2) is 11.1 Å². The Labute approximate surface area is 164 Å². The highest BCUT2D eigenvalue weighted by molar-refractivity contribution is 7.22. The molecule has 140 valence electrons. The number of hydrogen-bond acceptors (Lipinski definition) is 2. The summed E-state index contributed by atoms with van der Waals surface area (Å²) in [5, 5.41) is 10.4. The first-order valence-electron chi connectivity index (χ1n) is 9.52. The number of hydrogen-bond donors (Lipinski definition) is 1. The molecule has 0 bridgehead atoms. The van der Waals surface area contributed by atoms with Crippen molar-refractivity contribution in [2.75, 3.05) is 0 Å². The molecule has 0 radical (unpaired) electrons. The maximum Gasteiger partial charge on any atom is 0.335 e. The topological polar surface area (TPSA) is 37.3 Å². The van der Waals surface area contributed by atoms with Crippen LogP contribution in [0, 0.1) is 6.92 Å². The summed E-state index contributed by atoms with van der Waals surface area (Å²) in [4.78, 5) is 12.5. The fourth-order valence-electron chi connectivity index (χ4n) is 4.36. The fourth-order valence-corrected chi connectivity index (χ4v) is 5.61. The van der Waals surface area contributed by atoms with E-state index in [0.717, 1.165) is 10.1 Å². The molecule has 0 amide bonds. The van der Waals surface area contributed by atoms with Gasteiger partial charge in [-0.3, -0.25) is 0 Å². The van der Waals surface area contributed by atoms with E-state index in [-0.39, 0.29) is 10.8 Å². The summed E-state index contributed by atoms with van der Waals surface area (Å²) in [5.74, 6) is -0.873. The molecule has 0 saturated carbocycles. The number of carboxylic acids is 1. The number of carbonyl (C=O) groups is 1. The van der Waals surface area contributed by atoms with Crippen LogP contribution >= 0.6 is 11.3 Å². The molecule has 1 aliphatic rings. The second kappa shape index (κ2) is 5.93. The van der Waals surface area contributed by atoms with E-state index < -0.39 is 5.97 Å². The van der Waals surface area contributed by atoms with Crippen LogP contribution in [0.5, 0.6) is 0 Å². The monoisotopic (exact) mass is 378 g/mol. The third kappa shape index (κ3) is 2.89. The van der Waals surface area contributed by atoms with Gasteiger partial charge in [0.2, 0.25) is 0 Å². The summed E-state index contributed by atoms with van der Waals surface area (Å²) < 4.78 is 1.04. The van der Waals surface area contributed by atoms with Gasteiger partial charge in [0, 0.05) is 9.58 Å². The lowest BCUT2D eigenvalue weighted by molar-refractivity contribution is 0.0697. The van der Waals surface area contributed by atoms with Crippen molar-refractivity contribution in [2.45, 2.75) is 58.3 Å². The molecular weight excluding hydrogens is 352 g/mol. The first kappa shape index (κ1) is 18.2. The van der Waals surface area contributed by atoms with Crippen LogP contribution in [0.2, 0.25) is 0 Å². The van der Waals surface area contributed by atoms with Gasteiger partial charge in [0.05, 0.1) is 5.56 Å². The predicted molar refractivity (Wildman–Crippen MR) is 114 cm³/mol. The van der Waals surface area contributed by atoms with Crippen molar-refractivity contribution in [3.8, 4) is 10.4 Å². The molecule has 0 saturated heterocycles. The molecule has 2 nitrogen and oxygen atoms in total. The Balaban J connectivity index is 1.90. The molecule has 0 aliphatic heterocycles. The van der Waals surface area contributed by atoms with E-state index in [1.54, 1.807) is 23.5 Å². The van der Waals surface area contributed by atoms with Crippen molar-refractivity contribution in [2.24, 2.45) is 0 Å². The molecule has 1 heterocycles. The van der Waals surface area contributed by atoms with E-state index in [4.69, 9.17) is 0 Å². The second-order valence-corrected chi connectivity index (χ2v) is 10.2. The number of aryl methyl sites for hydroxylation is 1. The average molecular weight is 379 g/mol. The van der Waals surface area contributed by atoms with Crippen LogP contribution in [0.15, 0.2) is 36.4 Å². The van der Waals surface area contributed by atoms with Gasteiger partial charge in [-0.25, -0.2) is 4.79 Å². The van der Waals surface area contributed by atoms with Gasteiger partial charge < -0.3 is 5.11 Å². The Morgan fingerprint density at radius 1 is 0.963 bits per heavy atom. The number of fused-ring (bicyclic) bond motifs is 2. The van der Waals surface area contributed by atoms with Gasteiger partial charge in [0.15, 0.2) is 0 Å². The molecule has 2 aromatic carbocycles. The van der Waals surface area contributed by atoms with Gasteiger partial charge in [0.1, 0.15) is 0 Å². The zero-order valence-electron chi connectivity index (χ0n) is 16.6.